The van der Waals surface area contributed by atoms with Gasteiger partial charge >= 0.3 is 0 Å². The number of fused-ring (bicyclic) bond motifs is 3. The standard InChI is InChI=1S/C42H28N6O/c1-4-13-27(14-5-1)37-43-38(28-15-6-2-7-16-28)45-40(44-37)30-19-12-20-31(25-30)41-46-39(29-17-8-3-9-18-29)47-42(48-41)32-23-24-34-33-21-10-11-22-35(33)49-36(34)26-32/h1-24,26,31H,25H2. The minimum Gasteiger partial charge on any atom is -0.456 e. The van der Waals surface area contributed by atoms with Gasteiger partial charge in [0.2, 0.25) is 0 Å². The van der Waals surface area contributed by atoms with Crippen LogP contribution in [0.2, 0.25) is 0 Å². The fourth-order valence-corrected chi connectivity index (χ4v) is 6.24. The van der Waals surface area contributed by atoms with Crippen LogP contribution in [0.3, 0.4) is 0 Å². The van der Waals surface area contributed by atoms with E-state index in [9.17, 15) is 0 Å². The molecule has 0 amide bonds. The summed E-state index contributed by atoms with van der Waals surface area (Å²) in [5.74, 6) is 3.65. The zero-order valence-corrected chi connectivity index (χ0v) is 26.3. The van der Waals surface area contributed by atoms with E-state index in [1.54, 1.807) is 0 Å². The van der Waals surface area contributed by atoms with Crippen molar-refractivity contribution >= 4 is 27.5 Å². The van der Waals surface area contributed by atoms with Gasteiger partial charge in [0.1, 0.15) is 17.0 Å². The van der Waals surface area contributed by atoms with Crippen molar-refractivity contribution in [1.82, 2.24) is 29.9 Å². The van der Waals surface area contributed by atoms with Gasteiger partial charge in [0.25, 0.3) is 0 Å². The van der Waals surface area contributed by atoms with Crippen LogP contribution in [0, 0.1) is 0 Å². The number of aromatic nitrogens is 6. The van der Waals surface area contributed by atoms with Gasteiger partial charge in [-0.1, -0.05) is 133 Å². The van der Waals surface area contributed by atoms with Gasteiger partial charge in [0.15, 0.2) is 29.1 Å². The third kappa shape index (κ3) is 5.57. The predicted octanol–water partition coefficient (Wildman–Crippen LogP) is 9.75. The Morgan fingerprint density at radius 1 is 0.449 bits per heavy atom. The number of hydrogen-bond acceptors (Lipinski definition) is 7. The predicted molar refractivity (Wildman–Crippen MR) is 193 cm³/mol. The molecule has 0 fully saturated rings. The SMILES string of the molecule is C1=CC(c2nc(-c3ccccc3)nc(-c3ccc4c(c3)oc3ccccc34)n2)CC(c2nc(-c3ccccc3)nc(-c3ccccc3)n2)=C1. The van der Waals surface area contributed by atoms with Crippen molar-refractivity contribution in [1.29, 1.82) is 0 Å². The summed E-state index contributed by atoms with van der Waals surface area (Å²) < 4.78 is 6.21. The van der Waals surface area contributed by atoms with Crippen molar-refractivity contribution in [2.75, 3.05) is 0 Å². The molecule has 1 unspecified atom stereocenters. The third-order valence-electron chi connectivity index (χ3n) is 8.72. The number of rotatable bonds is 6. The van der Waals surface area contributed by atoms with Gasteiger partial charge in [0.05, 0.1) is 0 Å². The van der Waals surface area contributed by atoms with Crippen LogP contribution in [-0.2, 0) is 0 Å². The third-order valence-corrected chi connectivity index (χ3v) is 8.72. The molecule has 0 N–H and O–H groups in total. The average molecular weight is 633 g/mol. The van der Waals surface area contributed by atoms with Crippen LogP contribution in [0.4, 0.5) is 0 Å². The number of benzene rings is 5. The number of allylic oxidation sites excluding steroid dienone is 4. The molecule has 7 heteroatoms. The quantitative estimate of drug-likeness (QED) is 0.180. The normalized spacial score (nSPS) is 14.3. The summed E-state index contributed by atoms with van der Waals surface area (Å²) in [5.41, 5.74) is 6.28. The smallest absolute Gasteiger partial charge is 0.164 e. The lowest BCUT2D eigenvalue weighted by molar-refractivity contribution is 0.669. The summed E-state index contributed by atoms with van der Waals surface area (Å²) in [6.07, 6.45) is 6.87. The summed E-state index contributed by atoms with van der Waals surface area (Å²) >= 11 is 0. The van der Waals surface area contributed by atoms with Crippen molar-refractivity contribution in [3.63, 3.8) is 0 Å². The Kier molecular flexibility index (Phi) is 7.13. The molecular formula is C42H28N6O. The molecule has 1 aliphatic rings. The largest absolute Gasteiger partial charge is 0.456 e. The number of para-hydroxylation sites is 1. The van der Waals surface area contributed by atoms with E-state index in [0.29, 0.717) is 41.4 Å². The maximum Gasteiger partial charge on any atom is 0.164 e. The molecule has 232 valence electrons. The Bertz CT molecular complexity index is 2470. The Morgan fingerprint density at radius 3 is 1.59 bits per heavy atom. The molecule has 1 atom stereocenters. The second kappa shape index (κ2) is 12.2. The molecule has 0 saturated heterocycles. The van der Waals surface area contributed by atoms with Gasteiger partial charge in [-0.15, -0.1) is 0 Å². The fraction of sp³-hybridized carbons (Fsp3) is 0.0476. The highest BCUT2D eigenvalue weighted by Crippen LogP contribution is 2.35. The van der Waals surface area contributed by atoms with E-state index in [1.165, 1.54) is 0 Å². The minimum atomic E-state index is -0.128. The molecule has 0 saturated carbocycles. The first-order valence-corrected chi connectivity index (χ1v) is 16.2. The molecule has 7 nitrogen and oxygen atoms in total. The lowest BCUT2D eigenvalue weighted by Crippen LogP contribution is -2.11. The molecule has 0 aliphatic heterocycles. The maximum atomic E-state index is 6.21. The molecule has 5 aromatic carbocycles. The van der Waals surface area contributed by atoms with Gasteiger partial charge < -0.3 is 4.42 Å². The first-order valence-electron chi connectivity index (χ1n) is 16.2. The lowest BCUT2D eigenvalue weighted by atomic mass is 9.92. The van der Waals surface area contributed by atoms with Crippen LogP contribution in [-0.4, -0.2) is 29.9 Å². The van der Waals surface area contributed by atoms with Crippen LogP contribution in [0.1, 0.15) is 24.0 Å². The van der Waals surface area contributed by atoms with Crippen LogP contribution in [0.15, 0.2) is 156 Å². The van der Waals surface area contributed by atoms with Crippen LogP contribution in [0.5, 0.6) is 0 Å². The van der Waals surface area contributed by atoms with Gasteiger partial charge in [0, 0.05) is 38.9 Å². The summed E-state index contributed by atoms with van der Waals surface area (Å²) in [7, 11) is 0. The summed E-state index contributed by atoms with van der Waals surface area (Å²) in [5, 5.41) is 2.14. The minimum absolute atomic E-state index is 0.128. The first kappa shape index (κ1) is 28.6. The van der Waals surface area contributed by atoms with E-state index >= 15 is 0 Å². The van der Waals surface area contributed by atoms with Gasteiger partial charge in [-0.25, -0.2) is 29.9 Å². The molecule has 1 aliphatic carbocycles. The Labute approximate surface area is 282 Å². The lowest BCUT2D eigenvalue weighted by Gasteiger charge is -2.19. The molecule has 9 rings (SSSR count). The van der Waals surface area contributed by atoms with E-state index in [1.807, 2.05) is 121 Å². The molecular weight excluding hydrogens is 605 g/mol. The van der Waals surface area contributed by atoms with E-state index in [4.69, 9.17) is 34.3 Å². The molecule has 0 bridgehead atoms. The van der Waals surface area contributed by atoms with Crippen LogP contribution < -0.4 is 0 Å². The molecule has 3 aromatic heterocycles. The highest BCUT2D eigenvalue weighted by atomic mass is 16.3. The van der Waals surface area contributed by atoms with Crippen molar-refractivity contribution < 1.29 is 4.42 Å². The summed E-state index contributed by atoms with van der Waals surface area (Å²) in [6, 6.07) is 44.3. The molecule has 0 radical (unpaired) electrons. The highest BCUT2D eigenvalue weighted by molar-refractivity contribution is 6.05. The molecule has 8 aromatic rings. The zero-order chi connectivity index (χ0) is 32.6. The van der Waals surface area contributed by atoms with E-state index in [2.05, 4.69) is 30.4 Å². The van der Waals surface area contributed by atoms with Crippen LogP contribution in [0.25, 0.3) is 73.1 Å². The van der Waals surface area contributed by atoms with E-state index in [-0.39, 0.29) is 5.92 Å². The second-order valence-corrected chi connectivity index (χ2v) is 11.9. The molecule has 3 heterocycles. The zero-order valence-electron chi connectivity index (χ0n) is 26.3. The van der Waals surface area contributed by atoms with Crippen molar-refractivity contribution in [2.24, 2.45) is 0 Å². The van der Waals surface area contributed by atoms with Gasteiger partial charge in [-0.05, 0) is 30.2 Å². The van der Waals surface area contributed by atoms with Crippen LogP contribution >= 0.6 is 0 Å². The molecule has 49 heavy (non-hydrogen) atoms. The Morgan fingerprint density at radius 2 is 0.959 bits per heavy atom. The Hall–Kier alpha value is -6.60. The fourth-order valence-electron chi connectivity index (χ4n) is 6.24. The topological polar surface area (TPSA) is 90.5 Å². The maximum absolute atomic E-state index is 6.21. The van der Waals surface area contributed by atoms with E-state index in [0.717, 1.165) is 49.8 Å². The first-order chi connectivity index (χ1) is 24.2. The van der Waals surface area contributed by atoms with Crippen molar-refractivity contribution in [3.8, 4) is 45.6 Å². The molecule has 0 spiro atoms. The number of furan rings is 1. The summed E-state index contributed by atoms with van der Waals surface area (Å²) in [4.78, 5) is 29.9. The number of hydrogen-bond donors (Lipinski definition) is 0. The monoisotopic (exact) mass is 632 g/mol. The second-order valence-electron chi connectivity index (χ2n) is 11.9. The number of nitrogens with zero attached hydrogens (tertiary/aromatic N) is 6. The van der Waals surface area contributed by atoms with Gasteiger partial charge in [-0.3, -0.25) is 0 Å². The highest BCUT2D eigenvalue weighted by Gasteiger charge is 2.23. The average Bonchev–Trinajstić information content (AvgIpc) is 3.57. The van der Waals surface area contributed by atoms with E-state index < -0.39 is 0 Å². The Balaban J connectivity index is 1.12. The summed E-state index contributed by atoms with van der Waals surface area (Å²) in [6.45, 7) is 0. The van der Waals surface area contributed by atoms with Crippen molar-refractivity contribution in [3.05, 3.63) is 163 Å². The van der Waals surface area contributed by atoms with Gasteiger partial charge in [-0.2, -0.15) is 0 Å². The van der Waals surface area contributed by atoms with Crippen molar-refractivity contribution in [2.45, 2.75) is 12.3 Å².